The Morgan fingerprint density at radius 3 is 2.48 bits per heavy atom. The van der Waals surface area contributed by atoms with Gasteiger partial charge < -0.3 is 5.32 Å². The maximum atomic E-state index is 3.84. The van der Waals surface area contributed by atoms with Gasteiger partial charge in [0.1, 0.15) is 0 Å². The fraction of sp³-hybridized carbons (Fsp3) is 0.684. The van der Waals surface area contributed by atoms with Crippen LogP contribution in [0.5, 0.6) is 0 Å². The van der Waals surface area contributed by atoms with Gasteiger partial charge in [-0.3, -0.25) is 0 Å². The van der Waals surface area contributed by atoms with Gasteiger partial charge >= 0.3 is 0 Å². The Balaban J connectivity index is 2.27. The molecule has 0 bridgehead atoms. The first-order chi connectivity index (χ1) is 10.0. The van der Waals surface area contributed by atoms with E-state index in [9.17, 15) is 0 Å². The lowest BCUT2D eigenvalue weighted by molar-refractivity contribution is 0.176. The van der Waals surface area contributed by atoms with Crippen molar-refractivity contribution in [1.29, 1.82) is 0 Å². The summed E-state index contributed by atoms with van der Waals surface area (Å²) in [5.74, 6) is 2.48. The maximum Gasteiger partial charge on any atom is 0.0351 e. The predicted octanol–water partition coefficient (Wildman–Crippen LogP) is 5.87. The summed E-state index contributed by atoms with van der Waals surface area (Å²) < 4.78 is 1.24. The smallest absolute Gasteiger partial charge is 0.0351 e. The monoisotopic (exact) mass is 351 g/mol. The van der Waals surface area contributed by atoms with Crippen LogP contribution in [-0.2, 0) is 0 Å². The topological polar surface area (TPSA) is 12.0 Å². The zero-order valence-corrected chi connectivity index (χ0v) is 15.5. The fourth-order valence-corrected chi connectivity index (χ4v) is 4.45. The molecule has 21 heavy (non-hydrogen) atoms. The van der Waals surface area contributed by atoms with Gasteiger partial charge in [-0.2, -0.15) is 0 Å². The molecule has 0 spiro atoms. The van der Waals surface area contributed by atoms with E-state index in [-0.39, 0.29) is 0 Å². The number of halogens is 1. The largest absolute Gasteiger partial charge is 0.310 e. The molecule has 1 nitrogen and oxygen atoms in total. The van der Waals surface area contributed by atoms with Gasteiger partial charge in [0.2, 0.25) is 0 Å². The van der Waals surface area contributed by atoms with Gasteiger partial charge in [-0.15, -0.1) is 0 Å². The highest BCUT2D eigenvalue weighted by Crippen LogP contribution is 2.41. The summed E-state index contributed by atoms with van der Waals surface area (Å²) in [6.45, 7) is 10.5. The second-order valence-electron chi connectivity index (χ2n) is 7.06. The van der Waals surface area contributed by atoms with E-state index in [0.717, 1.165) is 24.3 Å². The molecule has 1 aliphatic rings. The molecule has 0 heterocycles. The van der Waals surface area contributed by atoms with Crippen molar-refractivity contribution in [2.75, 3.05) is 6.54 Å². The molecule has 1 N–H and O–H groups in total. The summed E-state index contributed by atoms with van der Waals surface area (Å²) in [6, 6.07) is 7.16. The predicted molar refractivity (Wildman–Crippen MR) is 95.6 cm³/mol. The Kier molecular flexibility index (Phi) is 6.31. The van der Waals surface area contributed by atoms with Crippen molar-refractivity contribution in [3.05, 3.63) is 33.8 Å². The number of benzene rings is 1. The van der Waals surface area contributed by atoms with E-state index in [1.807, 2.05) is 0 Å². The first kappa shape index (κ1) is 17.0. The summed E-state index contributed by atoms with van der Waals surface area (Å²) in [7, 11) is 0. The molecule has 2 rings (SSSR count). The standard InChI is InChI=1S/C19H30BrN/c1-5-9-21-19(16-11-13(2)10-14(3)12-16)17-7-6-8-18(20)15(17)4/h6-8,13-14,16,19,21H,5,9-12H2,1-4H3. The highest BCUT2D eigenvalue weighted by Gasteiger charge is 2.31. The van der Waals surface area contributed by atoms with Gasteiger partial charge in [-0.25, -0.2) is 0 Å². The molecule has 2 heteroatoms. The van der Waals surface area contributed by atoms with E-state index in [4.69, 9.17) is 0 Å². The maximum absolute atomic E-state index is 3.84. The summed E-state index contributed by atoms with van der Waals surface area (Å²) in [4.78, 5) is 0. The zero-order chi connectivity index (χ0) is 15.4. The van der Waals surface area contributed by atoms with Crippen LogP contribution in [-0.4, -0.2) is 6.54 Å². The lowest BCUT2D eigenvalue weighted by Gasteiger charge is -2.38. The molecule has 1 saturated carbocycles. The molecule has 0 radical (unpaired) electrons. The minimum atomic E-state index is 0.507. The Labute approximate surface area is 139 Å². The molecule has 118 valence electrons. The highest BCUT2D eigenvalue weighted by molar-refractivity contribution is 9.10. The van der Waals surface area contributed by atoms with Crippen LogP contribution >= 0.6 is 15.9 Å². The molecule has 0 aliphatic heterocycles. The van der Waals surface area contributed by atoms with Crippen molar-refractivity contribution in [3.63, 3.8) is 0 Å². The molecule has 3 unspecified atom stereocenters. The molecule has 3 atom stereocenters. The van der Waals surface area contributed by atoms with Gasteiger partial charge in [-0.05, 0) is 74.1 Å². The summed E-state index contributed by atoms with van der Waals surface area (Å²) >= 11 is 3.70. The number of hydrogen-bond donors (Lipinski definition) is 1. The van der Waals surface area contributed by atoms with Gasteiger partial charge in [0.15, 0.2) is 0 Å². The van der Waals surface area contributed by atoms with E-state index in [1.165, 1.54) is 41.3 Å². The highest BCUT2D eigenvalue weighted by atomic mass is 79.9. The van der Waals surface area contributed by atoms with E-state index in [0.29, 0.717) is 6.04 Å². The minimum absolute atomic E-state index is 0.507. The summed E-state index contributed by atoms with van der Waals surface area (Å²) in [5, 5.41) is 3.84. The van der Waals surface area contributed by atoms with E-state index >= 15 is 0 Å². The molecule has 0 amide bonds. The molecule has 1 aliphatic carbocycles. The number of rotatable bonds is 5. The minimum Gasteiger partial charge on any atom is -0.310 e. The molecule has 1 fully saturated rings. The number of nitrogens with one attached hydrogen (secondary N) is 1. The van der Waals surface area contributed by atoms with Crippen LogP contribution in [0.4, 0.5) is 0 Å². The van der Waals surface area contributed by atoms with Gasteiger partial charge in [0, 0.05) is 10.5 Å². The Bertz CT molecular complexity index is 447. The van der Waals surface area contributed by atoms with Crippen LogP contribution in [0.3, 0.4) is 0 Å². The van der Waals surface area contributed by atoms with Crippen LogP contribution in [0.25, 0.3) is 0 Å². The van der Waals surface area contributed by atoms with E-state index in [2.05, 4.69) is 67.1 Å². The third-order valence-corrected chi connectivity index (χ3v) is 5.80. The van der Waals surface area contributed by atoms with Crippen molar-refractivity contribution in [3.8, 4) is 0 Å². The van der Waals surface area contributed by atoms with E-state index < -0.39 is 0 Å². The molecule has 0 aromatic heterocycles. The molecule has 1 aromatic rings. The zero-order valence-electron chi connectivity index (χ0n) is 14.0. The van der Waals surface area contributed by atoms with Crippen LogP contribution in [0.15, 0.2) is 22.7 Å². The lowest BCUT2D eigenvalue weighted by Crippen LogP contribution is -2.34. The van der Waals surface area contributed by atoms with Crippen molar-refractivity contribution in [2.24, 2.45) is 17.8 Å². The number of hydrogen-bond acceptors (Lipinski definition) is 1. The summed E-state index contributed by atoms with van der Waals surface area (Å²) in [6.07, 6.45) is 5.31. The first-order valence-corrected chi connectivity index (χ1v) is 9.30. The first-order valence-electron chi connectivity index (χ1n) is 8.51. The Morgan fingerprint density at radius 1 is 1.19 bits per heavy atom. The van der Waals surface area contributed by atoms with Crippen molar-refractivity contribution in [2.45, 2.75) is 59.4 Å². The fourth-order valence-electron chi connectivity index (χ4n) is 4.07. The summed E-state index contributed by atoms with van der Waals surface area (Å²) in [5.41, 5.74) is 2.89. The SMILES string of the molecule is CCCNC(c1cccc(Br)c1C)C1CC(C)CC(C)C1. The second kappa shape index (κ2) is 7.78. The van der Waals surface area contributed by atoms with Crippen LogP contribution in [0.1, 0.15) is 63.6 Å². The average molecular weight is 352 g/mol. The third-order valence-electron chi connectivity index (χ3n) is 4.95. The van der Waals surface area contributed by atoms with Crippen molar-refractivity contribution < 1.29 is 0 Å². The van der Waals surface area contributed by atoms with Crippen LogP contribution in [0.2, 0.25) is 0 Å². The van der Waals surface area contributed by atoms with E-state index in [1.54, 1.807) is 0 Å². The lowest BCUT2D eigenvalue weighted by atomic mass is 9.72. The average Bonchev–Trinajstić information content (AvgIpc) is 2.42. The second-order valence-corrected chi connectivity index (χ2v) is 7.92. The molecular weight excluding hydrogens is 322 g/mol. The van der Waals surface area contributed by atoms with Crippen LogP contribution in [0, 0.1) is 24.7 Å². The normalized spacial score (nSPS) is 27.6. The van der Waals surface area contributed by atoms with Crippen molar-refractivity contribution in [1.82, 2.24) is 5.32 Å². The van der Waals surface area contributed by atoms with Gasteiger partial charge in [0.25, 0.3) is 0 Å². The Hall–Kier alpha value is -0.340. The van der Waals surface area contributed by atoms with Crippen LogP contribution < -0.4 is 5.32 Å². The van der Waals surface area contributed by atoms with Gasteiger partial charge in [0.05, 0.1) is 0 Å². The Morgan fingerprint density at radius 2 is 1.86 bits per heavy atom. The molecule has 0 saturated heterocycles. The quantitative estimate of drug-likeness (QED) is 0.699. The molecular formula is C19H30BrN. The third kappa shape index (κ3) is 4.32. The van der Waals surface area contributed by atoms with Crippen molar-refractivity contribution >= 4 is 15.9 Å². The van der Waals surface area contributed by atoms with Gasteiger partial charge in [-0.1, -0.05) is 48.8 Å². The molecule has 1 aromatic carbocycles.